The third-order valence-electron chi connectivity index (χ3n) is 3.04. The molecule has 16 heavy (non-hydrogen) atoms. The standard InChI is InChI=1S/C12H20N4/c1-2-10-9-11(13)15-12(14-10)16-7-5-3-4-6-8-16/h9H,2-8H2,1H3,(H2,13,14,15). The van der Waals surface area contributed by atoms with Crippen LogP contribution in [0.2, 0.25) is 0 Å². The summed E-state index contributed by atoms with van der Waals surface area (Å²) in [6.45, 7) is 4.22. The van der Waals surface area contributed by atoms with Gasteiger partial charge in [-0.1, -0.05) is 19.8 Å². The highest BCUT2D eigenvalue weighted by Crippen LogP contribution is 2.17. The summed E-state index contributed by atoms with van der Waals surface area (Å²) in [5, 5.41) is 0. The van der Waals surface area contributed by atoms with Gasteiger partial charge in [-0.15, -0.1) is 0 Å². The lowest BCUT2D eigenvalue weighted by Crippen LogP contribution is -2.26. The van der Waals surface area contributed by atoms with Crippen LogP contribution in [-0.2, 0) is 6.42 Å². The van der Waals surface area contributed by atoms with Crippen molar-refractivity contribution in [2.45, 2.75) is 39.0 Å². The Balaban J connectivity index is 2.20. The number of aromatic nitrogens is 2. The summed E-state index contributed by atoms with van der Waals surface area (Å²) >= 11 is 0. The van der Waals surface area contributed by atoms with Crippen molar-refractivity contribution < 1.29 is 0 Å². The minimum Gasteiger partial charge on any atom is -0.384 e. The van der Waals surface area contributed by atoms with Crippen LogP contribution in [-0.4, -0.2) is 23.1 Å². The van der Waals surface area contributed by atoms with E-state index in [0.717, 1.165) is 31.2 Å². The van der Waals surface area contributed by atoms with Crippen LogP contribution in [0.5, 0.6) is 0 Å². The van der Waals surface area contributed by atoms with Crippen molar-refractivity contribution in [3.05, 3.63) is 11.8 Å². The molecule has 0 spiro atoms. The van der Waals surface area contributed by atoms with Crippen LogP contribution >= 0.6 is 0 Å². The van der Waals surface area contributed by atoms with Gasteiger partial charge in [-0.3, -0.25) is 0 Å². The highest BCUT2D eigenvalue weighted by molar-refractivity contribution is 5.40. The summed E-state index contributed by atoms with van der Waals surface area (Å²) in [6.07, 6.45) is 6.02. The van der Waals surface area contributed by atoms with Gasteiger partial charge < -0.3 is 10.6 Å². The van der Waals surface area contributed by atoms with Gasteiger partial charge in [-0.25, -0.2) is 4.98 Å². The summed E-state index contributed by atoms with van der Waals surface area (Å²) in [5.41, 5.74) is 6.84. The van der Waals surface area contributed by atoms with Gasteiger partial charge in [0.2, 0.25) is 5.95 Å². The third kappa shape index (κ3) is 2.62. The van der Waals surface area contributed by atoms with Gasteiger partial charge in [-0.2, -0.15) is 4.98 Å². The van der Waals surface area contributed by atoms with E-state index in [1.54, 1.807) is 0 Å². The molecular formula is C12H20N4. The number of nitrogen functional groups attached to an aromatic ring is 1. The molecule has 2 heterocycles. The average molecular weight is 220 g/mol. The molecule has 4 nitrogen and oxygen atoms in total. The van der Waals surface area contributed by atoms with E-state index in [2.05, 4.69) is 21.8 Å². The van der Waals surface area contributed by atoms with Gasteiger partial charge in [-0.05, 0) is 19.3 Å². The van der Waals surface area contributed by atoms with Crippen molar-refractivity contribution in [2.24, 2.45) is 0 Å². The largest absolute Gasteiger partial charge is 0.384 e. The molecule has 0 amide bonds. The zero-order chi connectivity index (χ0) is 11.4. The predicted molar refractivity (Wildman–Crippen MR) is 66.5 cm³/mol. The lowest BCUT2D eigenvalue weighted by molar-refractivity contribution is 0.726. The van der Waals surface area contributed by atoms with Crippen LogP contribution in [0, 0.1) is 0 Å². The fourth-order valence-corrected chi connectivity index (χ4v) is 2.10. The monoisotopic (exact) mass is 220 g/mol. The van der Waals surface area contributed by atoms with Gasteiger partial charge in [0, 0.05) is 24.8 Å². The van der Waals surface area contributed by atoms with E-state index in [9.17, 15) is 0 Å². The average Bonchev–Trinajstić information content (AvgIpc) is 2.56. The highest BCUT2D eigenvalue weighted by Gasteiger charge is 2.13. The molecule has 0 aliphatic carbocycles. The molecule has 88 valence electrons. The lowest BCUT2D eigenvalue weighted by Gasteiger charge is -2.20. The second-order valence-corrected chi connectivity index (χ2v) is 4.34. The molecule has 2 N–H and O–H groups in total. The van der Waals surface area contributed by atoms with E-state index in [1.807, 2.05) is 6.07 Å². The van der Waals surface area contributed by atoms with E-state index < -0.39 is 0 Å². The summed E-state index contributed by atoms with van der Waals surface area (Å²) in [7, 11) is 0. The van der Waals surface area contributed by atoms with E-state index in [4.69, 9.17) is 5.73 Å². The first-order valence-electron chi connectivity index (χ1n) is 6.18. The Labute approximate surface area is 96.9 Å². The molecule has 1 aliphatic heterocycles. The van der Waals surface area contributed by atoms with Crippen LogP contribution in [0.25, 0.3) is 0 Å². The van der Waals surface area contributed by atoms with Crippen molar-refractivity contribution in [1.29, 1.82) is 0 Å². The number of anilines is 2. The molecule has 0 bridgehead atoms. The van der Waals surface area contributed by atoms with Crippen LogP contribution in [0.15, 0.2) is 6.07 Å². The van der Waals surface area contributed by atoms with E-state index >= 15 is 0 Å². The Morgan fingerprint density at radius 1 is 1.19 bits per heavy atom. The second-order valence-electron chi connectivity index (χ2n) is 4.34. The van der Waals surface area contributed by atoms with Gasteiger partial charge in [0.1, 0.15) is 5.82 Å². The van der Waals surface area contributed by atoms with Crippen molar-refractivity contribution in [3.63, 3.8) is 0 Å². The third-order valence-corrected chi connectivity index (χ3v) is 3.04. The Bertz CT molecular complexity index is 343. The zero-order valence-corrected chi connectivity index (χ0v) is 9.95. The number of aryl methyl sites for hydroxylation is 1. The van der Waals surface area contributed by atoms with E-state index in [0.29, 0.717) is 5.82 Å². The van der Waals surface area contributed by atoms with Crippen molar-refractivity contribution in [1.82, 2.24) is 9.97 Å². The molecule has 1 aliphatic rings. The first-order chi connectivity index (χ1) is 7.79. The molecule has 0 unspecified atom stereocenters. The summed E-state index contributed by atoms with van der Waals surface area (Å²) in [5.74, 6) is 1.41. The van der Waals surface area contributed by atoms with Gasteiger partial charge in [0.05, 0.1) is 0 Å². The van der Waals surface area contributed by atoms with Crippen molar-refractivity contribution >= 4 is 11.8 Å². The Kier molecular flexibility index (Phi) is 3.59. The molecule has 0 saturated carbocycles. The van der Waals surface area contributed by atoms with Gasteiger partial charge in [0.25, 0.3) is 0 Å². The molecule has 0 radical (unpaired) electrons. The molecular weight excluding hydrogens is 200 g/mol. The fraction of sp³-hybridized carbons (Fsp3) is 0.667. The fourth-order valence-electron chi connectivity index (χ4n) is 2.10. The first-order valence-corrected chi connectivity index (χ1v) is 6.18. The Morgan fingerprint density at radius 2 is 1.88 bits per heavy atom. The number of hydrogen-bond acceptors (Lipinski definition) is 4. The lowest BCUT2D eigenvalue weighted by atomic mass is 10.2. The van der Waals surface area contributed by atoms with E-state index in [1.165, 1.54) is 25.7 Å². The Morgan fingerprint density at radius 3 is 2.50 bits per heavy atom. The molecule has 2 rings (SSSR count). The van der Waals surface area contributed by atoms with Gasteiger partial charge >= 0.3 is 0 Å². The molecule has 1 fully saturated rings. The van der Waals surface area contributed by atoms with E-state index in [-0.39, 0.29) is 0 Å². The SMILES string of the molecule is CCc1cc(N)nc(N2CCCCCC2)n1. The zero-order valence-electron chi connectivity index (χ0n) is 9.95. The van der Waals surface area contributed by atoms with Crippen LogP contribution in [0.4, 0.5) is 11.8 Å². The molecule has 1 aromatic heterocycles. The number of hydrogen-bond donors (Lipinski definition) is 1. The molecule has 4 heteroatoms. The maximum atomic E-state index is 5.80. The molecule has 0 atom stereocenters. The molecule has 1 saturated heterocycles. The summed E-state index contributed by atoms with van der Waals surface area (Å²) in [4.78, 5) is 11.2. The summed E-state index contributed by atoms with van der Waals surface area (Å²) < 4.78 is 0. The molecule has 1 aromatic rings. The van der Waals surface area contributed by atoms with Gasteiger partial charge in [0.15, 0.2) is 0 Å². The summed E-state index contributed by atoms with van der Waals surface area (Å²) in [6, 6.07) is 1.86. The number of nitrogens with two attached hydrogens (primary N) is 1. The predicted octanol–water partition coefficient (Wildman–Crippen LogP) is 2.00. The van der Waals surface area contributed by atoms with Crippen molar-refractivity contribution in [2.75, 3.05) is 23.7 Å². The minimum atomic E-state index is 0.589. The second kappa shape index (κ2) is 5.14. The maximum Gasteiger partial charge on any atom is 0.227 e. The Hall–Kier alpha value is -1.32. The van der Waals surface area contributed by atoms with Crippen LogP contribution < -0.4 is 10.6 Å². The topological polar surface area (TPSA) is 55.0 Å². The quantitative estimate of drug-likeness (QED) is 0.828. The highest BCUT2D eigenvalue weighted by atomic mass is 15.3. The normalized spacial score (nSPS) is 17.2. The molecule has 0 aromatic carbocycles. The van der Waals surface area contributed by atoms with Crippen LogP contribution in [0.3, 0.4) is 0 Å². The maximum absolute atomic E-state index is 5.80. The minimum absolute atomic E-state index is 0.589. The van der Waals surface area contributed by atoms with Crippen molar-refractivity contribution in [3.8, 4) is 0 Å². The smallest absolute Gasteiger partial charge is 0.227 e. The number of rotatable bonds is 2. The first kappa shape index (κ1) is 11.2. The van der Waals surface area contributed by atoms with Crippen LogP contribution in [0.1, 0.15) is 38.3 Å². The number of nitrogens with zero attached hydrogens (tertiary/aromatic N) is 3.